The van der Waals surface area contributed by atoms with Crippen LogP contribution >= 0.6 is 0 Å². The van der Waals surface area contributed by atoms with Crippen LogP contribution in [0.2, 0.25) is 0 Å². The number of nitrogens with two attached hydrogens (primary N) is 1. The summed E-state index contributed by atoms with van der Waals surface area (Å²) in [6.07, 6.45) is 2.53. The molecule has 0 aromatic heterocycles. The monoisotopic (exact) mass is 211 g/mol. The number of rotatable bonds is 4. The summed E-state index contributed by atoms with van der Waals surface area (Å²) in [7, 11) is 2.04. The summed E-state index contributed by atoms with van der Waals surface area (Å²) < 4.78 is 0. The van der Waals surface area contributed by atoms with Crippen LogP contribution in [0, 0.1) is 11.3 Å². The Balaban J connectivity index is 2.48. The van der Waals surface area contributed by atoms with Gasteiger partial charge in [0, 0.05) is 19.6 Å². The van der Waals surface area contributed by atoms with Crippen LogP contribution in [0.25, 0.3) is 0 Å². The summed E-state index contributed by atoms with van der Waals surface area (Å²) in [5.74, 6) is 1.33. The lowest BCUT2D eigenvalue weighted by atomic mass is 9.81. The van der Waals surface area contributed by atoms with E-state index in [1.54, 1.807) is 0 Å². The predicted molar refractivity (Wildman–Crippen MR) is 65.9 cm³/mol. The van der Waals surface area contributed by atoms with Crippen molar-refractivity contribution in [2.24, 2.45) is 22.1 Å². The summed E-state index contributed by atoms with van der Waals surface area (Å²) >= 11 is 0. The van der Waals surface area contributed by atoms with Crippen LogP contribution in [-0.2, 0) is 0 Å². The molecular weight excluding hydrogens is 186 g/mol. The Hall–Kier alpha value is -0.730. The van der Waals surface area contributed by atoms with Gasteiger partial charge in [-0.1, -0.05) is 27.7 Å². The molecule has 3 nitrogen and oxygen atoms in total. The van der Waals surface area contributed by atoms with Gasteiger partial charge in [-0.3, -0.25) is 4.99 Å². The molecule has 0 atom stereocenters. The van der Waals surface area contributed by atoms with Gasteiger partial charge >= 0.3 is 0 Å². The molecule has 0 radical (unpaired) electrons. The molecule has 15 heavy (non-hydrogen) atoms. The highest BCUT2D eigenvalue weighted by molar-refractivity contribution is 5.78. The number of hydrogen-bond donors (Lipinski definition) is 1. The Labute approximate surface area is 93.7 Å². The van der Waals surface area contributed by atoms with Crippen LogP contribution in [-0.4, -0.2) is 30.5 Å². The topological polar surface area (TPSA) is 41.6 Å². The molecule has 1 fully saturated rings. The van der Waals surface area contributed by atoms with E-state index in [4.69, 9.17) is 5.73 Å². The van der Waals surface area contributed by atoms with Gasteiger partial charge in [0.15, 0.2) is 5.96 Å². The van der Waals surface area contributed by atoms with Crippen molar-refractivity contribution in [1.29, 1.82) is 0 Å². The minimum atomic E-state index is 0.231. The van der Waals surface area contributed by atoms with Crippen molar-refractivity contribution in [3.63, 3.8) is 0 Å². The van der Waals surface area contributed by atoms with E-state index in [0.29, 0.717) is 17.9 Å². The average Bonchev–Trinajstić information content (AvgIpc) is 2.96. The van der Waals surface area contributed by atoms with Gasteiger partial charge in [-0.25, -0.2) is 0 Å². The maximum Gasteiger partial charge on any atom is 0.191 e. The number of hydrogen-bond acceptors (Lipinski definition) is 1. The molecule has 0 aromatic carbocycles. The highest BCUT2D eigenvalue weighted by Crippen LogP contribution is 2.27. The molecule has 0 bridgehead atoms. The largest absolute Gasteiger partial charge is 0.370 e. The number of nitrogens with zero attached hydrogens (tertiary/aromatic N) is 2. The van der Waals surface area contributed by atoms with E-state index >= 15 is 0 Å². The molecule has 1 rings (SSSR count). The maximum atomic E-state index is 5.94. The first kappa shape index (κ1) is 12.3. The SMILES string of the molecule is CC(C)C(C)(C)CN=C(N)N(C)C1CC1. The van der Waals surface area contributed by atoms with E-state index in [-0.39, 0.29) is 5.41 Å². The van der Waals surface area contributed by atoms with Gasteiger partial charge in [0.2, 0.25) is 0 Å². The molecule has 0 aromatic rings. The first-order valence-electron chi connectivity index (χ1n) is 5.87. The van der Waals surface area contributed by atoms with Gasteiger partial charge in [-0.05, 0) is 24.2 Å². The normalized spacial score (nSPS) is 18.4. The van der Waals surface area contributed by atoms with Crippen molar-refractivity contribution in [3.05, 3.63) is 0 Å². The molecule has 0 heterocycles. The first-order chi connectivity index (χ1) is 6.84. The fourth-order valence-electron chi connectivity index (χ4n) is 1.23. The second kappa shape index (κ2) is 4.42. The molecular formula is C12H25N3. The van der Waals surface area contributed by atoms with Gasteiger partial charge < -0.3 is 10.6 Å². The van der Waals surface area contributed by atoms with E-state index in [2.05, 4.69) is 37.6 Å². The summed E-state index contributed by atoms with van der Waals surface area (Å²) in [6, 6.07) is 0.649. The molecule has 0 aliphatic heterocycles. The smallest absolute Gasteiger partial charge is 0.191 e. The van der Waals surface area contributed by atoms with Crippen molar-refractivity contribution in [2.45, 2.75) is 46.6 Å². The van der Waals surface area contributed by atoms with E-state index in [0.717, 1.165) is 6.54 Å². The van der Waals surface area contributed by atoms with Gasteiger partial charge in [-0.15, -0.1) is 0 Å². The Kier molecular flexibility index (Phi) is 3.63. The zero-order valence-corrected chi connectivity index (χ0v) is 10.7. The molecule has 1 aliphatic carbocycles. The molecule has 0 spiro atoms. The minimum Gasteiger partial charge on any atom is -0.370 e. The van der Waals surface area contributed by atoms with E-state index < -0.39 is 0 Å². The second-order valence-corrected chi connectivity index (χ2v) is 5.66. The first-order valence-corrected chi connectivity index (χ1v) is 5.87. The summed E-state index contributed by atoms with van der Waals surface area (Å²) in [5, 5.41) is 0. The van der Waals surface area contributed by atoms with Crippen LogP contribution in [0.4, 0.5) is 0 Å². The molecule has 0 amide bonds. The van der Waals surface area contributed by atoms with Gasteiger partial charge in [0.1, 0.15) is 0 Å². The number of aliphatic imine (C=N–C) groups is 1. The molecule has 88 valence electrons. The van der Waals surface area contributed by atoms with Crippen molar-refractivity contribution in [1.82, 2.24) is 4.90 Å². The summed E-state index contributed by atoms with van der Waals surface area (Å²) in [6.45, 7) is 9.76. The Bertz CT molecular complexity index is 239. The maximum absolute atomic E-state index is 5.94. The molecule has 3 heteroatoms. The van der Waals surface area contributed by atoms with Crippen LogP contribution in [0.3, 0.4) is 0 Å². The Morgan fingerprint density at radius 1 is 1.47 bits per heavy atom. The lowest BCUT2D eigenvalue weighted by Crippen LogP contribution is -2.37. The van der Waals surface area contributed by atoms with E-state index in [1.807, 2.05) is 7.05 Å². The molecule has 0 saturated heterocycles. The second-order valence-electron chi connectivity index (χ2n) is 5.66. The minimum absolute atomic E-state index is 0.231. The molecule has 2 N–H and O–H groups in total. The number of guanidine groups is 1. The zero-order valence-electron chi connectivity index (χ0n) is 10.7. The van der Waals surface area contributed by atoms with Crippen molar-refractivity contribution < 1.29 is 0 Å². The van der Waals surface area contributed by atoms with Crippen molar-refractivity contribution >= 4 is 5.96 Å². The van der Waals surface area contributed by atoms with E-state index in [1.165, 1.54) is 12.8 Å². The quantitative estimate of drug-likeness (QED) is 0.571. The molecule has 0 unspecified atom stereocenters. The summed E-state index contributed by atoms with van der Waals surface area (Å²) in [4.78, 5) is 6.61. The zero-order chi connectivity index (χ0) is 11.6. The highest BCUT2D eigenvalue weighted by atomic mass is 15.3. The Morgan fingerprint density at radius 3 is 2.40 bits per heavy atom. The van der Waals surface area contributed by atoms with Gasteiger partial charge in [0.25, 0.3) is 0 Å². The third kappa shape index (κ3) is 3.40. The van der Waals surface area contributed by atoms with Crippen molar-refractivity contribution in [2.75, 3.05) is 13.6 Å². The standard InChI is InChI=1S/C12H25N3/c1-9(2)12(3,4)8-14-11(13)15(5)10-6-7-10/h9-10H,6-8H2,1-5H3,(H2,13,14). The third-order valence-electron chi connectivity index (χ3n) is 3.67. The van der Waals surface area contributed by atoms with Crippen LogP contribution in [0.1, 0.15) is 40.5 Å². The molecule has 1 aliphatic rings. The highest BCUT2D eigenvalue weighted by Gasteiger charge is 2.28. The summed E-state index contributed by atoms with van der Waals surface area (Å²) in [5.41, 5.74) is 6.17. The van der Waals surface area contributed by atoms with Crippen LogP contribution < -0.4 is 5.73 Å². The Morgan fingerprint density at radius 2 is 2.00 bits per heavy atom. The fourth-order valence-corrected chi connectivity index (χ4v) is 1.23. The lowest BCUT2D eigenvalue weighted by molar-refractivity contribution is 0.260. The fraction of sp³-hybridized carbons (Fsp3) is 0.917. The van der Waals surface area contributed by atoms with E-state index in [9.17, 15) is 0 Å². The van der Waals surface area contributed by atoms with Crippen LogP contribution in [0.15, 0.2) is 4.99 Å². The van der Waals surface area contributed by atoms with Crippen LogP contribution in [0.5, 0.6) is 0 Å². The van der Waals surface area contributed by atoms with Gasteiger partial charge in [-0.2, -0.15) is 0 Å². The predicted octanol–water partition coefficient (Wildman–Crippen LogP) is 2.08. The average molecular weight is 211 g/mol. The molecule has 1 saturated carbocycles. The lowest BCUT2D eigenvalue weighted by Gasteiger charge is -2.28. The van der Waals surface area contributed by atoms with Gasteiger partial charge in [0.05, 0.1) is 0 Å². The third-order valence-corrected chi connectivity index (χ3v) is 3.67. The van der Waals surface area contributed by atoms with Crippen molar-refractivity contribution in [3.8, 4) is 0 Å².